The van der Waals surface area contributed by atoms with Crippen molar-refractivity contribution in [3.8, 4) is 17.0 Å². The summed E-state index contributed by atoms with van der Waals surface area (Å²) in [4.78, 5) is 12.9. The third-order valence-corrected chi connectivity index (χ3v) is 3.93. The fourth-order valence-electron chi connectivity index (χ4n) is 2.76. The Bertz CT molecular complexity index is 915. The molecular weight excluding hydrogens is 314 g/mol. The smallest absolute Gasteiger partial charge is 0.419 e. The van der Waals surface area contributed by atoms with Crippen molar-refractivity contribution in [2.24, 2.45) is 0 Å². The van der Waals surface area contributed by atoms with Crippen molar-refractivity contribution in [3.63, 3.8) is 0 Å². The van der Waals surface area contributed by atoms with Crippen molar-refractivity contribution in [1.82, 2.24) is 4.57 Å². The van der Waals surface area contributed by atoms with Gasteiger partial charge in [-0.3, -0.25) is 0 Å². The number of ether oxygens (including phenoxy) is 2. The summed E-state index contributed by atoms with van der Waals surface area (Å²) in [6.45, 7) is 7.64. The molecule has 0 unspecified atom stereocenters. The van der Waals surface area contributed by atoms with Gasteiger partial charge in [0.25, 0.3) is 0 Å². The molecule has 0 amide bonds. The summed E-state index contributed by atoms with van der Waals surface area (Å²) in [7, 11) is 1.63. The highest BCUT2D eigenvalue weighted by Crippen LogP contribution is 2.31. The second kappa shape index (κ2) is 6.28. The molecule has 0 radical (unpaired) electrons. The second-order valence-electron chi connectivity index (χ2n) is 7.14. The van der Waals surface area contributed by atoms with E-state index < -0.39 is 5.60 Å². The van der Waals surface area contributed by atoms with Gasteiger partial charge in [-0.25, -0.2) is 9.36 Å². The van der Waals surface area contributed by atoms with Gasteiger partial charge in [-0.2, -0.15) is 0 Å². The van der Waals surface area contributed by atoms with Crippen LogP contribution in [-0.2, 0) is 4.74 Å². The Balaban J connectivity index is 2.21. The molecule has 4 nitrogen and oxygen atoms in total. The van der Waals surface area contributed by atoms with Gasteiger partial charge in [-0.1, -0.05) is 29.8 Å². The second-order valence-corrected chi connectivity index (χ2v) is 7.14. The van der Waals surface area contributed by atoms with Crippen molar-refractivity contribution in [2.45, 2.75) is 33.3 Å². The van der Waals surface area contributed by atoms with Crippen molar-refractivity contribution < 1.29 is 14.3 Å². The Morgan fingerprint density at radius 2 is 1.68 bits per heavy atom. The van der Waals surface area contributed by atoms with Crippen molar-refractivity contribution in [2.75, 3.05) is 7.11 Å². The average molecular weight is 337 g/mol. The molecule has 1 heterocycles. The number of carbonyl (C=O) groups excluding carboxylic acids is 1. The largest absolute Gasteiger partial charge is 0.497 e. The summed E-state index contributed by atoms with van der Waals surface area (Å²) in [6, 6.07) is 15.8. The number of fused-ring (bicyclic) bond motifs is 1. The van der Waals surface area contributed by atoms with E-state index in [0.717, 1.165) is 27.9 Å². The number of aryl methyl sites for hydroxylation is 1. The minimum atomic E-state index is -0.565. The predicted molar refractivity (Wildman–Crippen MR) is 100 cm³/mol. The fourth-order valence-corrected chi connectivity index (χ4v) is 2.76. The lowest BCUT2D eigenvalue weighted by Crippen LogP contribution is -2.27. The van der Waals surface area contributed by atoms with Crippen LogP contribution in [0, 0.1) is 6.92 Å². The van der Waals surface area contributed by atoms with Crippen LogP contribution in [0.3, 0.4) is 0 Å². The molecule has 0 aliphatic rings. The number of hydrogen-bond acceptors (Lipinski definition) is 3. The summed E-state index contributed by atoms with van der Waals surface area (Å²) in [6.07, 6.45) is -0.386. The zero-order valence-corrected chi connectivity index (χ0v) is 15.3. The van der Waals surface area contributed by atoms with Crippen LogP contribution in [0.4, 0.5) is 4.79 Å². The average Bonchev–Trinajstić information content (AvgIpc) is 2.92. The van der Waals surface area contributed by atoms with Crippen LogP contribution in [0.2, 0.25) is 0 Å². The monoisotopic (exact) mass is 337 g/mol. The highest BCUT2D eigenvalue weighted by molar-refractivity contribution is 5.96. The van der Waals surface area contributed by atoms with E-state index in [-0.39, 0.29) is 6.09 Å². The van der Waals surface area contributed by atoms with Crippen molar-refractivity contribution in [1.29, 1.82) is 0 Å². The lowest BCUT2D eigenvalue weighted by Gasteiger charge is -2.21. The van der Waals surface area contributed by atoms with E-state index in [1.807, 2.05) is 76.2 Å². The summed E-state index contributed by atoms with van der Waals surface area (Å²) in [5.74, 6) is 0.754. The maximum atomic E-state index is 12.9. The van der Waals surface area contributed by atoms with E-state index in [1.54, 1.807) is 11.7 Å². The topological polar surface area (TPSA) is 40.5 Å². The molecule has 130 valence electrons. The number of nitrogens with zero attached hydrogens (tertiary/aromatic N) is 1. The van der Waals surface area contributed by atoms with E-state index in [0.29, 0.717) is 0 Å². The lowest BCUT2D eigenvalue weighted by atomic mass is 10.1. The Morgan fingerprint density at radius 3 is 2.28 bits per heavy atom. The maximum Gasteiger partial charge on any atom is 0.419 e. The summed E-state index contributed by atoms with van der Waals surface area (Å²) in [5.41, 5.74) is 3.17. The van der Waals surface area contributed by atoms with Gasteiger partial charge >= 0.3 is 6.09 Å². The Kier molecular flexibility index (Phi) is 4.29. The quantitative estimate of drug-likeness (QED) is 0.628. The van der Waals surface area contributed by atoms with Crippen LogP contribution in [0.1, 0.15) is 26.3 Å². The van der Waals surface area contributed by atoms with E-state index in [4.69, 9.17) is 9.47 Å². The van der Waals surface area contributed by atoms with E-state index in [1.165, 1.54) is 5.56 Å². The van der Waals surface area contributed by atoms with Gasteiger partial charge in [0.1, 0.15) is 11.4 Å². The highest BCUT2D eigenvalue weighted by atomic mass is 16.6. The van der Waals surface area contributed by atoms with Gasteiger partial charge in [0.2, 0.25) is 0 Å². The fraction of sp³-hybridized carbons (Fsp3) is 0.286. The van der Waals surface area contributed by atoms with Crippen molar-refractivity contribution in [3.05, 3.63) is 54.1 Å². The predicted octanol–water partition coefficient (Wildman–Crippen LogP) is 5.41. The molecule has 3 rings (SSSR count). The van der Waals surface area contributed by atoms with Gasteiger partial charge in [-0.05, 0) is 57.5 Å². The molecule has 0 spiro atoms. The van der Waals surface area contributed by atoms with Gasteiger partial charge in [0.15, 0.2) is 0 Å². The molecule has 0 bridgehead atoms. The third-order valence-electron chi connectivity index (χ3n) is 3.93. The summed E-state index contributed by atoms with van der Waals surface area (Å²) < 4.78 is 12.6. The molecule has 2 aromatic carbocycles. The minimum Gasteiger partial charge on any atom is -0.497 e. The number of methoxy groups -OCH3 is 1. The van der Waals surface area contributed by atoms with Crippen LogP contribution >= 0.6 is 0 Å². The number of benzene rings is 2. The molecule has 4 heteroatoms. The Labute approximate surface area is 148 Å². The van der Waals surface area contributed by atoms with Crippen LogP contribution in [0.25, 0.3) is 22.2 Å². The zero-order valence-electron chi connectivity index (χ0n) is 15.3. The van der Waals surface area contributed by atoms with Gasteiger partial charge in [0, 0.05) is 5.39 Å². The zero-order chi connectivity index (χ0) is 18.2. The van der Waals surface area contributed by atoms with Crippen LogP contribution < -0.4 is 4.74 Å². The third kappa shape index (κ3) is 3.53. The Morgan fingerprint density at radius 1 is 1.00 bits per heavy atom. The molecule has 0 aliphatic carbocycles. The van der Waals surface area contributed by atoms with Gasteiger partial charge < -0.3 is 9.47 Å². The van der Waals surface area contributed by atoms with Crippen LogP contribution in [0.15, 0.2) is 48.5 Å². The minimum absolute atomic E-state index is 0.386. The first-order valence-corrected chi connectivity index (χ1v) is 8.28. The molecule has 0 fully saturated rings. The molecular formula is C21H23NO3. The van der Waals surface area contributed by atoms with Crippen LogP contribution in [0.5, 0.6) is 5.75 Å². The molecule has 25 heavy (non-hydrogen) atoms. The first kappa shape index (κ1) is 17.1. The van der Waals surface area contributed by atoms with Crippen LogP contribution in [-0.4, -0.2) is 23.4 Å². The van der Waals surface area contributed by atoms with E-state index >= 15 is 0 Å². The van der Waals surface area contributed by atoms with E-state index in [2.05, 4.69) is 0 Å². The van der Waals surface area contributed by atoms with E-state index in [9.17, 15) is 4.79 Å². The Hall–Kier alpha value is -2.75. The molecule has 0 N–H and O–H groups in total. The molecule has 0 aliphatic heterocycles. The van der Waals surface area contributed by atoms with Gasteiger partial charge in [-0.15, -0.1) is 0 Å². The summed E-state index contributed by atoms with van der Waals surface area (Å²) in [5, 5.41) is 0.931. The first-order valence-electron chi connectivity index (χ1n) is 8.28. The standard InChI is InChI=1S/C21H23NO3/c1-14-6-8-15(9-7-14)19-13-16-12-17(24-5)10-11-18(16)22(19)20(23)25-21(2,3)4/h6-13H,1-5H3. The highest BCUT2D eigenvalue weighted by Gasteiger charge is 2.23. The number of hydrogen-bond donors (Lipinski definition) is 0. The molecule has 3 aromatic rings. The van der Waals surface area contributed by atoms with Gasteiger partial charge in [0.05, 0.1) is 18.3 Å². The first-order chi connectivity index (χ1) is 11.8. The lowest BCUT2D eigenvalue weighted by molar-refractivity contribution is 0.0547. The normalized spacial score (nSPS) is 11.6. The molecule has 0 saturated heterocycles. The molecule has 0 atom stereocenters. The number of carbonyl (C=O) groups is 1. The molecule has 1 aromatic heterocycles. The number of rotatable bonds is 2. The SMILES string of the molecule is COc1ccc2c(c1)cc(-c1ccc(C)cc1)n2C(=O)OC(C)(C)C. The number of aromatic nitrogens is 1. The maximum absolute atomic E-state index is 12.9. The van der Waals surface area contributed by atoms with Crippen molar-refractivity contribution >= 4 is 17.0 Å². The molecule has 0 saturated carbocycles. The summed E-state index contributed by atoms with van der Waals surface area (Å²) >= 11 is 0.